The lowest BCUT2D eigenvalue weighted by atomic mass is 10.1. The van der Waals surface area contributed by atoms with Crippen LogP contribution in [0.2, 0.25) is 0 Å². The summed E-state index contributed by atoms with van der Waals surface area (Å²) in [5.74, 6) is -0.414. The minimum atomic E-state index is -3.41. The molecule has 5 nitrogen and oxygen atoms in total. The van der Waals surface area contributed by atoms with E-state index in [4.69, 9.17) is 5.73 Å². The average Bonchev–Trinajstić information content (AvgIpc) is 2.37. The maximum Gasteiger partial charge on any atom is 0.245 e. The van der Waals surface area contributed by atoms with Crippen molar-refractivity contribution in [2.75, 3.05) is 11.2 Å². The van der Waals surface area contributed by atoms with E-state index < -0.39 is 21.0 Å². The number of nitrogens with zero attached hydrogens (tertiary/aromatic N) is 1. The molecular weight excluding hydrogens is 276 g/mol. The van der Waals surface area contributed by atoms with E-state index >= 15 is 0 Å². The molecule has 0 radical (unpaired) electrons. The number of benzene rings is 1. The number of hydrogen-bond acceptors (Lipinski definition) is 4. The third-order valence-corrected chi connectivity index (χ3v) is 4.68. The summed E-state index contributed by atoms with van der Waals surface area (Å²) in [6.45, 7) is 5.55. The number of carbonyl (C=O) groups excluding carboxylic acids is 1. The van der Waals surface area contributed by atoms with E-state index in [0.717, 1.165) is 11.8 Å². The summed E-state index contributed by atoms with van der Waals surface area (Å²) in [6.07, 6.45) is 1.07. The minimum absolute atomic E-state index is 0.129. The zero-order valence-corrected chi connectivity index (χ0v) is 13.1. The Labute approximate surface area is 120 Å². The molecule has 1 unspecified atom stereocenters. The highest BCUT2D eigenvalue weighted by molar-refractivity contribution is 7.92. The van der Waals surface area contributed by atoms with Gasteiger partial charge in [0.15, 0.2) is 9.84 Å². The van der Waals surface area contributed by atoms with Gasteiger partial charge >= 0.3 is 0 Å². The molecule has 0 spiro atoms. The lowest BCUT2D eigenvalue weighted by molar-refractivity contribution is -0.118. The van der Waals surface area contributed by atoms with Crippen molar-refractivity contribution in [1.29, 1.82) is 0 Å². The molecule has 1 amide bonds. The third-order valence-electron chi connectivity index (χ3n) is 3.19. The quantitative estimate of drug-likeness (QED) is 0.889. The van der Waals surface area contributed by atoms with Crippen molar-refractivity contribution in [2.45, 2.75) is 38.6 Å². The highest BCUT2D eigenvalue weighted by Gasteiger charge is 2.30. The average molecular weight is 298 g/mol. The fourth-order valence-electron chi connectivity index (χ4n) is 1.85. The Morgan fingerprint density at radius 2 is 1.70 bits per heavy atom. The summed E-state index contributed by atoms with van der Waals surface area (Å²) in [6, 6.07) is 7.12. The molecule has 2 N–H and O–H groups in total. The van der Waals surface area contributed by atoms with Gasteiger partial charge in [-0.2, -0.15) is 0 Å². The Kier molecular flexibility index (Phi) is 5.30. The molecule has 0 saturated heterocycles. The van der Waals surface area contributed by atoms with E-state index in [1.165, 1.54) is 11.8 Å². The van der Waals surface area contributed by atoms with Gasteiger partial charge < -0.3 is 10.6 Å². The predicted molar refractivity (Wildman–Crippen MR) is 81.3 cm³/mol. The lowest BCUT2D eigenvalue weighted by Crippen LogP contribution is -2.45. The van der Waals surface area contributed by atoms with Crippen LogP contribution in [0.25, 0.3) is 0 Å². The first kappa shape index (κ1) is 16.7. The molecule has 112 valence electrons. The fraction of sp³-hybridized carbons (Fsp3) is 0.500. The van der Waals surface area contributed by atoms with Crippen molar-refractivity contribution in [1.82, 2.24) is 0 Å². The van der Waals surface area contributed by atoms with E-state index in [1.807, 2.05) is 26.0 Å². The van der Waals surface area contributed by atoms with E-state index in [9.17, 15) is 13.2 Å². The Morgan fingerprint density at radius 3 is 2.05 bits per heavy atom. The van der Waals surface area contributed by atoms with Gasteiger partial charge in [-0.25, -0.2) is 8.42 Å². The van der Waals surface area contributed by atoms with Crippen LogP contribution in [0.1, 0.15) is 26.3 Å². The number of rotatable bonds is 5. The van der Waals surface area contributed by atoms with Crippen molar-refractivity contribution in [2.24, 2.45) is 5.73 Å². The second-order valence-corrected chi connectivity index (χ2v) is 7.51. The van der Waals surface area contributed by atoms with Crippen molar-refractivity contribution in [3.63, 3.8) is 0 Å². The molecule has 0 aliphatic rings. The number of anilines is 1. The fourth-order valence-corrected chi connectivity index (χ4v) is 2.33. The summed E-state index contributed by atoms with van der Waals surface area (Å²) in [4.78, 5) is 13.9. The molecule has 0 aliphatic carbocycles. The summed E-state index contributed by atoms with van der Waals surface area (Å²) in [7, 11) is -3.41. The van der Waals surface area contributed by atoms with Crippen LogP contribution in [0.4, 0.5) is 5.69 Å². The highest BCUT2D eigenvalue weighted by atomic mass is 32.2. The normalized spacial score (nSPS) is 13.3. The molecule has 6 heteroatoms. The molecule has 0 fully saturated rings. The van der Waals surface area contributed by atoms with Gasteiger partial charge in [0.25, 0.3) is 0 Å². The first-order valence-electron chi connectivity index (χ1n) is 6.49. The van der Waals surface area contributed by atoms with Gasteiger partial charge in [0.1, 0.15) is 5.25 Å². The van der Waals surface area contributed by atoms with Crippen molar-refractivity contribution in [3.8, 4) is 0 Å². The Bertz CT molecular complexity index is 565. The molecule has 1 aromatic rings. The van der Waals surface area contributed by atoms with Gasteiger partial charge in [-0.3, -0.25) is 4.79 Å². The van der Waals surface area contributed by atoms with Crippen molar-refractivity contribution in [3.05, 3.63) is 29.8 Å². The molecule has 0 bridgehead atoms. The van der Waals surface area contributed by atoms with Crippen LogP contribution < -0.4 is 10.6 Å². The second kappa shape index (κ2) is 6.37. The third kappa shape index (κ3) is 3.80. The van der Waals surface area contributed by atoms with Crippen molar-refractivity contribution >= 4 is 21.4 Å². The lowest BCUT2D eigenvalue weighted by Gasteiger charge is -2.29. The maximum absolute atomic E-state index is 12.4. The number of nitrogens with two attached hydrogens (primary N) is 1. The van der Waals surface area contributed by atoms with Crippen LogP contribution in [-0.4, -0.2) is 31.9 Å². The zero-order valence-electron chi connectivity index (χ0n) is 12.3. The molecule has 0 saturated carbocycles. The summed E-state index contributed by atoms with van der Waals surface area (Å²) in [5.41, 5.74) is 7.18. The maximum atomic E-state index is 12.4. The summed E-state index contributed by atoms with van der Waals surface area (Å²) in [5, 5.41) is -1.06. The topological polar surface area (TPSA) is 80.5 Å². The Balaban J connectivity index is 3.14. The zero-order chi connectivity index (χ0) is 15.5. The van der Waals surface area contributed by atoms with Crippen LogP contribution in [-0.2, 0) is 21.2 Å². The van der Waals surface area contributed by atoms with E-state index in [-0.39, 0.29) is 6.04 Å². The van der Waals surface area contributed by atoms with Crippen LogP contribution in [0.15, 0.2) is 24.3 Å². The number of amides is 1. The second-order valence-electron chi connectivity index (χ2n) is 5.14. The van der Waals surface area contributed by atoms with Gasteiger partial charge in [0, 0.05) is 24.5 Å². The predicted octanol–water partition coefficient (Wildman–Crippen LogP) is 1.32. The van der Waals surface area contributed by atoms with Gasteiger partial charge in [0.2, 0.25) is 5.91 Å². The SMILES string of the molecule is CC(C)N(C(=O)C(C)S(C)(=O)=O)c1ccc(CN)cc1. The van der Waals surface area contributed by atoms with Gasteiger partial charge in [-0.05, 0) is 38.5 Å². The molecule has 1 rings (SSSR count). The van der Waals surface area contributed by atoms with E-state index in [0.29, 0.717) is 12.2 Å². The monoisotopic (exact) mass is 298 g/mol. The van der Waals surface area contributed by atoms with Crippen LogP contribution in [0.5, 0.6) is 0 Å². The van der Waals surface area contributed by atoms with Crippen LogP contribution in [0.3, 0.4) is 0 Å². The number of sulfone groups is 1. The molecule has 0 aliphatic heterocycles. The molecule has 1 aromatic carbocycles. The highest BCUT2D eigenvalue weighted by Crippen LogP contribution is 2.20. The first-order chi connectivity index (χ1) is 9.18. The molecule has 0 aromatic heterocycles. The standard InChI is InChI=1S/C14H22N2O3S/c1-10(2)16(14(17)11(3)20(4,18)19)13-7-5-12(9-15)6-8-13/h5-8,10-11H,9,15H2,1-4H3. The number of carbonyl (C=O) groups is 1. The van der Waals surface area contributed by atoms with Crippen LogP contribution in [0, 0.1) is 0 Å². The number of hydrogen-bond donors (Lipinski definition) is 1. The molecule has 0 heterocycles. The molecular formula is C14H22N2O3S. The van der Waals surface area contributed by atoms with Gasteiger partial charge in [-0.1, -0.05) is 12.1 Å². The largest absolute Gasteiger partial charge is 0.326 e. The Morgan fingerprint density at radius 1 is 1.20 bits per heavy atom. The van der Waals surface area contributed by atoms with E-state index in [2.05, 4.69) is 0 Å². The van der Waals surface area contributed by atoms with Crippen LogP contribution >= 0.6 is 0 Å². The Hall–Kier alpha value is -1.40. The van der Waals surface area contributed by atoms with Gasteiger partial charge in [0.05, 0.1) is 0 Å². The van der Waals surface area contributed by atoms with Gasteiger partial charge in [-0.15, -0.1) is 0 Å². The molecule has 1 atom stereocenters. The smallest absolute Gasteiger partial charge is 0.245 e. The summed E-state index contributed by atoms with van der Waals surface area (Å²) >= 11 is 0. The van der Waals surface area contributed by atoms with Crippen molar-refractivity contribution < 1.29 is 13.2 Å². The summed E-state index contributed by atoms with van der Waals surface area (Å²) < 4.78 is 23.1. The molecule has 20 heavy (non-hydrogen) atoms. The van der Waals surface area contributed by atoms with E-state index in [1.54, 1.807) is 12.1 Å². The first-order valence-corrected chi connectivity index (χ1v) is 8.45. The minimum Gasteiger partial charge on any atom is -0.326 e.